The van der Waals surface area contributed by atoms with Gasteiger partial charge >= 0.3 is 5.97 Å². The lowest BCUT2D eigenvalue weighted by Gasteiger charge is -2.42. The Labute approximate surface area is 204 Å². The highest BCUT2D eigenvalue weighted by Crippen LogP contribution is 2.40. The van der Waals surface area contributed by atoms with Crippen molar-refractivity contribution in [1.29, 1.82) is 0 Å². The van der Waals surface area contributed by atoms with Crippen LogP contribution in [-0.4, -0.2) is 49.4 Å². The molecule has 0 spiro atoms. The number of allylic oxidation sites excluding steroid dienone is 2. The summed E-state index contributed by atoms with van der Waals surface area (Å²) in [5, 5.41) is 9.70. The summed E-state index contributed by atoms with van der Waals surface area (Å²) in [5.41, 5.74) is 1.84. The van der Waals surface area contributed by atoms with Gasteiger partial charge in [0.25, 0.3) is 0 Å². The first-order valence-corrected chi connectivity index (χ1v) is 15.3. The summed E-state index contributed by atoms with van der Waals surface area (Å²) in [7, 11) is -0.354. The molecule has 0 heterocycles. The van der Waals surface area contributed by atoms with E-state index in [1.807, 2.05) is 19.9 Å². The molecule has 0 aromatic carbocycles. The Kier molecular flexibility index (Phi) is 12.3. The number of carboxylic acid groups (broad SMARTS) is 1. The van der Waals surface area contributed by atoms with Gasteiger partial charge in [-0.25, -0.2) is 4.79 Å². The summed E-state index contributed by atoms with van der Waals surface area (Å²) in [6.07, 6.45) is 5.32. The fraction of sp³-hybridized carbons (Fsp3) is 0.778. The number of hydrogen-bond acceptors (Lipinski definition) is 3. The smallest absolute Gasteiger partial charge is 0.326 e. The van der Waals surface area contributed by atoms with Crippen molar-refractivity contribution in [3.63, 3.8) is 0 Å². The number of likely N-dealkylation sites (N-methyl/N-ethyl adjacent to an activating group) is 1. The predicted molar refractivity (Wildman–Crippen MR) is 142 cm³/mol. The molecule has 0 rings (SSSR count). The van der Waals surface area contributed by atoms with Gasteiger partial charge in [0.2, 0.25) is 5.91 Å². The largest absolute Gasteiger partial charge is 0.480 e. The van der Waals surface area contributed by atoms with Crippen molar-refractivity contribution < 1.29 is 19.1 Å². The van der Waals surface area contributed by atoms with Crippen molar-refractivity contribution in [1.82, 2.24) is 4.90 Å². The van der Waals surface area contributed by atoms with Gasteiger partial charge in [-0.15, -0.1) is 0 Å². The van der Waals surface area contributed by atoms with E-state index in [0.29, 0.717) is 17.9 Å². The fourth-order valence-corrected chi connectivity index (χ4v) is 4.92. The molecular weight excluding hydrogens is 430 g/mol. The lowest BCUT2D eigenvalue weighted by molar-refractivity contribution is -0.148. The van der Waals surface area contributed by atoms with E-state index in [-0.39, 0.29) is 28.9 Å². The molecule has 0 aliphatic carbocycles. The number of carbonyl (C=O) groups is 2. The van der Waals surface area contributed by atoms with E-state index in [9.17, 15) is 14.7 Å². The van der Waals surface area contributed by atoms with Gasteiger partial charge < -0.3 is 14.4 Å². The number of nitrogens with zero attached hydrogens (tertiary/aromatic N) is 1. The van der Waals surface area contributed by atoms with Gasteiger partial charge in [0.1, 0.15) is 6.04 Å². The van der Waals surface area contributed by atoms with Crippen LogP contribution >= 0.6 is 0 Å². The second kappa shape index (κ2) is 12.9. The number of rotatable bonds is 12. The van der Waals surface area contributed by atoms with Crippen LogP contribution in [0.15, 0.2) is 23.3 Å². The number of carbonyl (C=O) groups excluding carboxylic acids is 1. The van der Waals surface area contributed by atoms with Crippen LogP contribution in [0.1, 0.15) is 82.1 Å². The SMILES string of the molecule is C/C=C(\C)[C@@H](O[Si](C)(C)C(C)(C)C)[C@@H](C)[C@@H](C)C/C=C(\C)C(=O)N(C)[C@H](CC(C)C)C(=O)O. The highest BCUT2D eigenvalue weighted by atomic mass is 28.4. The summed E-state index contributed by atoms with van der Waals surface area (Å²) in [4.78, 5) is 26.0. The van der Waals surface area contributed by atoms with Crippen LogP contribution in [0.3, 0.4) is 0 Å². The molecule has 0 aromatic rings. The molecule has 33 heavy (non-hydrogen) atoms. The summed E-state index contributed by atoms with van der Waals surface area (Å²) in [6.45, 7) is 25.7. The summed E-state index contributed by atoms with van der Waals surface area (Å²) in [5.74, 6) is -0.406. The number of amides is 1. The Bertz CT molecular complexity index is 718. The maximum absolute atomic E-state index is 12.9. The van der Waals surface area contributed by atoms with Gasteiger partial charge in [-0.3, -0.25) is 4.79 Å². The maximum Gasteiger partial charge on any atom is 0.326 e. The zero-order valence-corrected chi connectivity index (χ0v) is 24.6. The van der Waals surface area contributed by atoms with Gasteiger partial charge in [0, 0.05) is 12.6 Å². The zero-order valence-electron chi connectivity index (χ0n) is 23.6. The van der Waals surface area contributed by atoms with Crippen LogP contribution in [0.5, 0.6) is 0 Å². The van der Waals surface area contributed by atoms with E-state index >= 15 is 0 Å². The quantitative estimate of drug-likeness (QED) is 0.187. The van der Waals surface area contributed by atoms with Gasteiger partial charge in [-0.2, -0.15) is 0 Å². The minimum absolute atomic E-state index is 0.0420. The van der Waals surface area contributed by atoms with Gasteiger partial charge in [-0.05, 0) is 75.1 Å². The molecule has 0 saturated heterocycles. The lowest BCUT2D eigenvalue weighted by Crippen LogP contribution is -2.46. The highest BCUT2D eigenvalue weighted by Gasteiger charge is 2.41. The van der Waals surface area contributed by atoms with Crippen LogP contribution in [0.2, 0.25) is 18.1 Å². The monoisotopic (exact) mass is 481 g/mol. The topological polar surface area (TPSA) is 66.8 Å². The van der Waals surface area contributed by atoms with E-state index in [2.05, 4.69) is 67.6 Å². The molecule has 0 unspecified atom stereocenters. The Morgan fingerprint density at radius 3 is 2.00 bits per heavy atom. The molecule has 6 heteroatoms. The third-order valence-electron chi connectivity index (χ3n) is 7.41. The molecule has 1 amide bonds. The normalized spacial score (nSPS) is 17.5. The number of carboxylic acids is 1. The van der Waals surface area contributed by atoms with Gasteiger partial charge in [0.05, 0.1) is 6.10 Å². The second-order valence-corrected chi connectivity index (χ2v) is 16.4. The van der Waals surface area contributed by atoms with E-state index < -0.39 is 20.3 Å². The summed E-state index contributed by atoms with van der Waals surface area (Å²) < 4.78 is 6.83. The summed E-state index contributed by atoms with van der Waals surface area (Å²) in [6, 6.07) is -0.808. The second-order valence-electron chi connectivity index (χ2n) is 11.7. The highest BCUT2D eigenvalue weighted by molar-refractivity contribution is 6.74. The maximum atomic E-state index is 12.9. The molecular formula is C27H51NO4Si. The molecule has 0 aromatic heterocycles. The number of hydrogen-bond donors (Lipinski definition) is 1. The molecule has 0 radical (unpaired) electrons. The first-order valence-electron chi connectivity index (χ1n) is 12.3. The molecule has 0 bridgehead atoms. The minimum Gasteiger partial charge on any atom is -0.480 e. The predicted octanol–water partition coefficient (Wildman–Crippen LogP) is 6.91. The van der Waals surface area contributed by atoms with Crippen LogP contribution < -0.4 is 0 Å². The van der Waals surface area contributed by atoms with Crippen molar-refractivity contribution in [2.45, 2.75) is 112 Å². The van der Waals surface area contributed by atoms with Crippen LogP contribution in [0.25, 0.3) is 0 Å². The van der Waals surface area contributed by atoms with E-state index in [1.54, 1.807) is 14.0 Å². The van der Waals surface area contributed by atoms with Crippen molar-refractivity contribution in [2.24, 2.45) is 17.8 Å². The molecule has 0 aliphatic heterocycles. The fourth-order valence-electron chi connectivity index (χ4n) is 3.53. The molecule has 0 aliphatic rings. The molecule has 1 N–H and O–H groups in total. The molecule has 0 saturated carbocycles. The Hall–Kier alpha value is -1.40. The first kappa shape index (κ1) is 31.6. The van der Waals surface area contributed by atoms with Gasteiger partial charge in [-0.1, -0.05) is 60.6 Å². The Morgan fingerprint density at radius 2 is 1.61 bits per heavy atom. The third kappa shape index (κ3) is 9.40. The molecule has 4 atom stereocenters. The van der Waals surface area contributed by atoms with Crippen molar-refractivity contribution >= 4 is 20.2 Å². The lowest BCUT2D eigenvalue weighted by atomic mass is 9.85. The van der Waals surface area contributed by atoms with Crippen molar-refractivity contribution in [3.05, 3.63) is 23.3 Å². The zero-order chi connectivity index (χ0) is 26.3. The average molecular weight is 482 g/mol. The van der Waals surface area contributed by atoms with Crippen molar-refractivity contribution in [3.8, 4) is 0 Å². The number of aliphatic carboxylic acids is 1. The average Bonchev–Trinajstić information content (AvgIpc) is 2.70. The first-order chi connectivity index (χ1) is 14.9. The van der Waals surface area contributed by atoms with Crippen LogP contribution in [0.4, 0.5) is 0 Å². The van der Waals surface area contributed by atoms with Crippen molar-refractivity contribution in [2.75, 3.05) is 7.05 Å². The van der Waals surface area contributed by atoms with Gasteiger partial charge in [0.15, 0.2) is 8.32 Å². The van der Waals surface area contributed by atoms with E-state index in [0.717, 1.165) is 6.42 Å². The Morgan fingerprint density at radius 1 is 1.09 bits per heavy atom. The Balaban J connectivity index is 5.52. The van der Waals surface area contributed by atoms with Crippen LogP contribution in [0, 0.1) is 17.8 Å². The molecule has 5 nitrogen and oxygen atoms in total. The molecule has 192 valence electrons. The summed E-state index contributed by atoms with van der Waals surface area (Å²) >= 11 is 0. The van der Waals surface area contributed by atoms with Crippen LogP contribution in [-0.2, 0) is 14.0 Å². The molecule has 0 fully saturated rings. The van der Waals surface area contributed by atoms with E-state index in [1.165, 1.54) is 10.5 Å². The third-order valence-corrected chi connectivity index (χ3v) is 11.9. The minimum atomic E-state index is -1.94. The standard InChI is InChI=1S/C27H51NO4Si/c1-14-19(4)24(32-33(12,13)27(8,9)10)22(7)20(5)15-16-21(6)25(29)28(11)23(26(30)31)17-18(2)3/h14,16,18,20,22-24H,15,17H2,1-13H3,(H,30,31)/b19-14+,21-16+/t20-,22-,23+,24+/m0/s1. The van der Waals surface area contributed by atoms with E-state index in [4.69, 9.17) is 4.43 Å².